The number of carbonyl (C=O) groups is 1. The molecule has 1 amide bonds. The second kappa shape index (κ2) is 8.86. The van der Waals surface area contributed by atoms with Gasteiger partial charge in [0.2, 0.25) is 5.91 Å². The van der Waals surface area contributed by atoms with E-state index in [0.29, 0.717) is 13.1 Å². The summed E-state index contributed by atoms with van der Waals surface area (Å²) in [6.45, 7) is 5.21. The molecule has 2 rings (SSSR count). The summed E-state index contributed by atoms with van der Waals surface area (Å²) in [5.74, 6) is 0.0467. The van der Waals surface area contributed by atoms with Crippen LogP contribution in [0.15, 0.2) is 48.5 Å². The lowest BCUT2D eigenvalue weighted by atomic mass is 10.1. The van der Waals surface area contributed by atoms with E-state index in [1.807, 2.05) is 31.3 Å². The van der Waals surface area contributed by atoms with Crippen molar-refractivity contribution >= 4 is 17.5 Å². The molecule has 3 nitrogen and oxygen atoms in total. The summed E-state index contributed by atoms with van der Waals surface area (Å²) in [7, 11) is 1.98. The Morgan fingerprint density at radius 1 is 1.12 bits per heavy atom. The zero-order valence-corrected chi connectivity index (χ0v) is 15.3. The van der Waals surface area contributed by atoms with E-state index in [0.717, 1.165) is 11.4 Å². The zero-order chi connectivity index (χ0) is 17.5. The van der Waals surface area contributed by atoms with Crippen LogP contribution in [0.25, 0.3) is 0 Å². The number of nitrogens with one attached hydrogen (secondary N) is 1. The van der Waals surface area contributed by atoms with Gasteiger partial charge in [-0.1, -0.05) is 53.6 Å². The molecule has 0 radical (unpaired) electrons. The maximum absolute atomic E-state index is 12.1. The van der Waals surface area contributed by atoms with E-state index in [1.165, 1.54) is 16.7 Å². The van der Waals surface area contributed by atoms with Crippen molar-refractivity contribution in [3.8, 4) is 0 Å². The molecule has 4 heteroatoms. The Balaban J connectivity index is 1.76. The zero-order valence-electron chi connectivity index (χ0n) is 14.6. The first kappa shape index (κ1) is 18.5. The lowest BCUT2D eigenvalue weighted by Gasteiger charge is -2.24. The van der Waals surface area contributed by atoms with Crippen LogP contribution in [0.1, 0.15) is 29.7 Å². The summed E-state index contributed by atoms with van der Waals surface area (Å²) in [5.41, 5.74) is 3.63. The van der Waals surface area contributed by atoms with Crippen LogP contribution in [0.4, 0.5) is 0 Å². The molecule has 0 saturated carbocycles. The van der Waals surface area contributed by atoms with Gasteiger partial charge in [0, 0.05) is 17.6 Å². The van der Waals surface area contributed by atoms with Crippen molar-refractivity contribution in [2.45, 2.75) is 26.3 Å². The molecule has 0 spiro atoms. The third-order valence-corrected chi connectivity index (χ3v) is 4.51. The molecule has 1 N–H and O–H groups in total. The lowest BCUT2D eigenvalue weighted by Crippen LogP contribution is -2.37. The summed E-state index contributed by atoms with van der Waals surface area (Å²) in [4.78, 5) is 14.2. The molecule has 0 aliphatic carbocycles. The highest BCUT2D eigenvalue weighted by atomic mass is 35.5. The molecule has 1 unspecified atom stereocenters. The van der Waals surface area contributed by atoms with Crippen molar-refractivity contribution in [2.75, 3.05) is 20.1 Å². The Labute approximate surface area is 149 Å². The number of likely N-dealkylation sites (N-methyl/N-ethyl adjacent to an activating group) is 1. The molecule has 0 heterocycles. The molecule has 0 fully saturated rings. The Kier molecular flexibility index (Phi) is 6.83. The summed E-state index contributed by atoms with van der Waals surface area (Å²) < 4.78 is 0. The number of rotatable bonds is 7. The monoisotopic (exact) mass is 344 g/mol. The van der Waals surface area contributed by atoms with Crippen molar-refractivity contribution < 1.29 is 4.79 Å². The van der Waals surface area contributed by atoms with Gasteiger partial charge in [0.15, 0.2) is 0 Å². The first-order valence-electron chi connectivity index (χ1n) is 8.23. The number of carbonyl (C=O) groups excluding carboxylic acids is 1. The minimum Gasteiger partial charge on any atom is -0.355 e. The van der Waals surface area contributed by atoms with Crippen molar-refractivity contribution in [3.63, 3.8) is 0 Å². The van der Waals surface area contributed by atoms with Crippen LogP contribution in [0, 0.1) is 6.92 Å². The smallest absolute Gasteiger partial charge is 0.234 e. The molecule has 0 aliphatic rings. The predicted octanol–water partition coefficient (Wildman–Crippen LogP) is 4.00. The van der Waals surface area contributed by atoms with Gasteiger partial charge in [-0.25, -0.2) is 0 Å². The van der Waals surface area contributed by atoms with Crippen LogP contribution in [-0.4, -0.2) is 30.9 Å². The van der Waals surface area contributed by atoms with Gasteiger partial charge in [0.05, 0.1) is 6.54 Å². The van der Waals surface area contributed by atoms with Gasteiger partial charge >= 0.3 is 0 Å². The van der Waals surface area contributed by atoms with Crippen LogP contribution < -0.4 is 5.32 Å². The molecule has 0 aromatic heterocycles. The highest BCUT2D eigenvalue weighted by Crippen LogP contribution is 2.18. The average molecular weight is 345 g/mol. The first-order valence-corrected chi connectivity index (χ1v) is 8.61. The van der Waals surface area contributed by atoms with Crippen LogP contribution in [0.3, 0.4) is 0 Å². The second-order valence-electron chi connectivity index (χ2n) is 6.23. The van der Waals surface area contributed by atoms with Crippen molar-refractivity contribution in [2.24, 2.45) is 0 Å². The fourth-order valence-corrected chi connectivity index (χ4v) is 2.64. The Hall–Kier alpha value is -1.84. The summed E-state index contributed by atoms with van der Waals surface area (Å²) in [6.07, 6.45) is 0.806. The van der Waals surface area contributed by atoms with Gasteiger partial charge in [-0.3, -0.25) is 9.69 Å². The van der Waals surface area contributed by atoms with Crippen molar-refractivity contribution in [1.82, 2.24) is 10.2 Å². The van der Waals surface area contributed by atoms with E-state index in [-0.39, 0.29) is 11.9 Å². The fourth-order valence-electron chi connectivity index (χ4n) is 2.52. The third kappa shape index (κ3) is 5.66. The van der Waals surface area contributed by atoms with E-state index in [4.69, 9.17) is 11.6 Å². The molecule has 0 saturated heterocycles. The van der Waals surface area contributed by atoms with Gasteiger partial charge in [-0.2, -0.15) is 0 Å². The van der Waals surface area contributed by atoms with Crippen LogP contribution in [0.2, 0.25) is 5.02 Å². The molecule has 1 atom stereocenters. The van der Waals surface area contributed by atoms with E-state index in [1.54, 1.807) is 0 Å². The van der Waals surface area contributed by atoms with E-state index in [2.05, 4.69) is 48.3 Å². The van der Waals surface area contributed by atoms with Gasteiger partial charge < -0.3 is 5.32 Å². The number of halogens is 1. The first-order chi connectivity index (χ1) is 11.5. The van der Waals surface area contributed by atoms with Crippen LogP contribution in [0.5, 0.6) is 0 Å². The minimum atomic E-state index is 0.0467. The maximum atomic E-state index is 12.1. The molecule has 24 heavy (non-hydrogen) atoms. The van der Waals surface area contributed by atoms with Gasteiger partial charge in [0.1, 0.15) is 0 Å². The normalized spacial score (nSPS) is 12.2. The summed E-state index contributed by atoms with van der Waals surface area (Å²) in [5, 5.41) is 3.71. The van der Waals surface area contributed by atoms with E-state index < -0.39 is 0 Å². The minimum absolute atomic E-state index is 0.0467. The van der Waals surface area contributed by atoms with Gasteiger partial charge in [-0.05, 0) is 50.6 Å². The van der Waals surface area contributed by atoms with E-state index in [9.17, 15) is 4.79 Å². The van der Waals surface area contributed by atoms with Crippen molar-refractivity contribution in [1.29, 1.82) is 0 Å². The largest absolute Gasteiger partial charge is 0.355 e. The second-order valence-corrected chi connectivity index (χ2v) is 6.66. The number of amides is 1. The highest BCUT2D eigenvalue weighted by molar-refractivity contribution is 6.30. The van der Waals surface area contributed by atoms with Crippen LogP contribution in [-0.2, 0) is 11.2 Å². The molecule has 2 aromatic rings. The fraction of sp³-hybridized carbons (Fsp3) is 0.350. The van der Waals surface area contributed by atoms with Crippen molar-refractivity contribution in [3.05, 3.63) is 70.2 Å². The lowest BCUT2D eigenvalue weighted by molar-refractivity contribution is -0.122. The number of nitrogens with zero attached hydrogens (tertiary/aromatic N) is 1. The Morgan fingerprint density at radius 3 is 2.38 bits per heavy atom. The van der Waals surface area contributed by atoms with E-state index >= 15 is 0 Å². The number of hydrogen-bond acceptors (Lipinski definition) is 2. The molecule has 0 aliphatic heterocycles. The molecular weight excluding hydrogens is 320 g/mol. The quantitative estimate of drug-likeness (QED) is 0.823. The molecule has 128 valence electrons. The molecular formula is C20H25ClN2O. The number of aryl methyl sites for hydroxylation is 1. The molecule has 0 bridgehead atoms. The number of benzene rings is 2. The third-order valence-electron chi connectivity index (χ3n) is 4.26. The topological polar surface area (TPSA) is 32.3 Å². The maximum Gasteiger partial charge on any atom is 0.234 e. The van der Waals surface area contributed by atoms with Crippen LogP contribution >= 0.6 is 11.6 Å². The van der Waals surface area contributed by atoms with Gasteiger partial charge in [0.25, 0.3) is 0 Å². The SMILES string of the molecule is Cc1ccc(C(C)N(C)CC(=O)NCCc2ccc(Cl)cc2)cc1. The standard InChI is InChI=1S/C20H25ClN2O/c1-15-4-8-18(9-5-15)16(2)23(3)14-20(24)22-13-12-17-6-10-19(21)11-7-17/h4-11,16H,12-14H2,1-3H3,(H,22,24). The Bertz CT molecular complexity index is 652. The Morgan fingerprint density at radius 2 is 1.75 bits per heavy atom. The molecule has 2 aromatic carbocycles. The summed E-state index contributed by atoms with van der Waals surface area (Å²) in [6, 6.07) is 16.4. The summed E-state index contributed by atoms with van der Waals surface area (Å²) >= 11 is 5.87. The number of hydrogen-bond donors (Lipinski definition) is 1. The average Bonchev–Trinajstić information content (AvgIpc) is 2.56. The van der Waals surface area contributed by atoms with Gasteiger partial charge in [-0.15, -0.1) is 0 Å². The predicted molar refractivity (Wildman–Crippen MR) is 100 cm³/mol. The highest BCUT2D eigenvalue weighted by Gasteiger charge is 2.14.